The number of carbonyl (C=O) groups excluding carboxylic acids is 1. The highest BCUT2D eigenvalue weighted by Crippen LogP contribution is 2.20. The van der Waals surface area contributed by atoms with Crippen molar-refractivity contribution in [1.82, 2.24) is 10.2 Å². The Labute approximate surface area is 120 Å². The van der Waals surface area contributed by atoms with E-state index in [4.69, 9.17) is 4.74 Å². The molecule has 0 aromatic rings. The van der Waals surface area contributed by atoms with E-state index in [2.05, 4.69) is 5.32 Å². The molecule has 116 valence electrons. The highest BCUT2D eigenvalue weighted by molar-refractivity contribution is 5.83. The number of ether oxygens (including phenoxy) is 1. The third-order valence-electron chi connectivity index (χ3n) is 3.45. The second kappa shape index (κ2) is 6.92. The van der Waals surface area contributed by atoms with Crippen LogP contribution in [-0.4, -0.2) is 53.8 Å². The number of nitrogens with zero attached hydrogens (tertiary/aromatic N) is 1. The first kappa shape index (κ1) is 16.8. The van der Waals surface area contributed by atoms with Crippen LogP contribution in [0.5, 0.6) is 0 Å². The maximum Gasteiger partial charge on any atom is 0.326 e. The predicted molar refractivity (Wildman–Crippen MR) is 75.6 cm³/mol. The molecular weight excluding hydrogens is 260 g/mol. The molecule has 1 fully saturated rings. The molecule has 0 bridgehead atoms. The minimum atomic E-state index is -1.01. The fourth-order valence-corrected chi connectivity index (χ4v) is 2.36. The van der Waals surface area contributed by atoms with Crippen LogP contribution in [0.1, 0.15) is 40.5 Å². The lowest BCUT2D eigenvalue weighted by molar-refractivity contribution is -0.142. The van der Waals surface area contributed by atoms with E-state index in [9.17, 15) is 14.7 Å². The van der Waals surface area contributed by atoms with Gasteiger partial charge in [-0.2, -0.15) is 0 Å². The zero-order valence-corrected chi connectivity index (χ0v) is 12.8. The molecule has 0 saturated carbocycles. The zero-order chi connectivity index (χ0) is 15.3. The summed E-state index contributed by atoms with van der Waals surface area (Å²) in [6, 6.07) is -1.22. The van der Waals surface area contributed by atoms with Gasteiger partial charge < -0.3 is 20.1 Å². The number of carboxylic acid groups (broad SMARTS) is 1. The van der Waals surface area contributed by atoms with E-state index >= 15 is 0 Å². The molecule has 1 aliphatic rings. The number of likely N-dealkylation sites (tertiary alicyclic amines) is 1. The lowest BCUT2D eigenvalue weighted by atomic mass is 9.87. The fraction of sp³-hybridized carbons (Fsp3) is 0.857. The van der Waals surface area contributed by atoms with Crippen molar-refractivity contribution in [3.8, 4) is 0 Å². The smallest absolute Gasteiger partial charge is 0.326 e. The molecule has 2 amide bonds. The molecule has 6 nitrogen and oxygen atoms in total. The van der Waals surface area contributed by atoms with Crippen molar-refractivity contribution in [1.29, 1.82) is 0 Å². The second-order valence-electron chi connectivity index (χ2n) is 6.25. The number of rotatable bonds is 4. The standard InChI is InChI=1S/C14H26N2O4/c1-5-20-10-7-6-8-16(9-10)13(19)15-11(12(17)18)14(2,3)4/h10-11H,5-9H2,1-4H3,(H,15,19)(H,17,18)/t10?,11-/m1/s1. The van der Waals surface area contributed by atoms with Crippen LogP contribution in [0.3, 0.4) is 0 Å². The van der Waals surface area contributed by atoms with Gasteiger partial charge in [-0.3, -0.25) is 0 Å². The molecule has 1 rings (SSSR count). The van der Waals surface area contributed by atoms with Gasteiger partial charge in [-0.05, 0) is 25.2 Å². The van der Waals surface area contributed by atoms with E-state index in [1.165, 1.54) is 0 Å². The van der Waals surface area contributed by atoms with Crippen molar-refractivity contribution in [3.63, 3.8) is 0 Å². The average Bonchev–Trinajstić information content (AvgIpc) is 2.34. The first-order valence-electron chi connectivity index (χ1n) is 7.15. The van der Waals surface area contributed by atoms with Crippen LogP contribution >= 0.6 is 0 Å². The van der Waals surface area contributed by atoms with E-state index in [1.54, 1.807) is 25.7 Å². The first-order chi connectivity index (χ1) is 9.25. The molecule has 0 radical (unpaired) electrons. The molecule has 6 heteroatoms. The van der Waals surface area contributed by atoms with Crippen molar-refractivity contribution in [3.05, 3.63) is 0 Å². The van der Waals surface area contributed by atoms with Gasteiger partial charge >= 0.3 is 12.0 Å². The third-order valence-corrected chi connectivity index (χ3v) is 3.45. The molecule has 1 unspecified atom stereocenters. The Hall–Kier alpha value is -1.30. The van der Waals surface area contributed by atoms with E-state index in [0.717, 1.165) is 12.8 Å². The molecule has 0 aromatic heterocycles. The van der Waals surface area contributed by atoms with Gasteiger partial charge in [0.25, 0.3) is 0 Å². The quantitative estimate of drug-likeness (QED) is 0.824. The summed E-state index contributed by atoms with van der Waals surface area (Å²) in [5.41, 5.74) is -0.531. The Balaban J connectivity index is 2.62. The molecule has 2 N–H and O–H groups in total. The Morgan fingerprint density at radius 3 is 2.60 bits per heavy atom. The van der Waals surface area contributed by atoms with E-state index in [0.29, 0.717) is 19.7 Å². The van der Waals surface area contributed by atoms with Gasteiger partial charge in [-0.1, -0.05) is 20.8 Å². The van der Waals surface area contributed by atoms with Gasteiger partial charge in [0.05, 0.1) is 6.10 Å². The number of aliphatic carboxylic acids is 1. The maximum absolute atomic E-state index is 12.2. The topological polar surface area (TPSA) is 78.9 Å². The zero-order valence-electron chi connectivity index (χ0n) is 12.8. The third kappa shape index (κ3) is 4.67. The number of urea groups is 1. The second-order valence-corrected chi connectivity index (χ2v) is 6.25. The molecule has 1 heterocycles. The number of carbonyl (C=O) groups is 2. The number of amides is 2. The number of carboxylic acids is 1. The van der Waals surface area contributed by atoms with Gasteiger partial charge in [-0.25, -0.2) is 9.59 Å². The Morgan fingerprint density at radius 1 is 1.45 bits per heavy atom. The highest BCUT2D eigenvalue weighted by Gasteiger charge is 2.34. The summed E-state index contributed by atoms with van der Waals surface area (Å²) in [6.45, 7) is 9.11. The maximum atomic E-state index is 12.2. The summed E-state index contributed by atoms with van der Waals surface area (Å²) in [5.74, 6) is -1.01. The van der Waals surface area contributed by atoms with Gasteiger partial charge in [0.15, 0.2) is 0 Å². The van der Waals surface area contributed by atoms with Crippen molar-refractivity contribution in [2.75, 3.05) is 19.7 Å². The molecular formula is C14H26N2O4. The van der Waals surface area contributed by atoms with Gasteiger partial charge in [-0.15, -0.1) is 0 Å². The summed E-state index contributed by atoms with van der Waals surface area (Å²) in [4.78, 5) is 25.1. The van der Waals surface area contributed by atoms with Crippen molar-refractivity contribution < 1.29 is 19.4 Å². The summed E-state index contributed by atoms with van der Waals surface area (Å²) in [6.07, 6.45) is 1.88. The molecule has 20 heavy (non-hydrogen) atoms. The van der Waals surface area contributed by atoms with Gasteiger partial charge in [0, 0.05) is 19.7 Å². The summed E-state index contributed by atoms with van der Waals surface area (Å²) >= 11 is 0. The first-order valence-corrected chi connectivity index (χ1v) is 7.15. The predicted octanol–water partition coefficient (Wildman–Crippen LogP) is 1.70. The summed E-state index contributed by atoms with van der Waals surface area (Å²) < 4.78 is 5.54. The number of hydrogen-bond acceptors (Lipinski definition) is 3. The fourth-order valence-electron chi connectivity index (χ4n) is 2.36. The Kier molecular flexibility index (Phi) is 5.80. The molecule has 1 aliphatic heterocycles. The van der Waals surface area contributed by atoms with E-state index in [-0.39, 0.29) is 12.1 Å². The van der Waals surface area contributed by atoms with Crippen LogP contribution < -0.4 is 5.32 Å². The molecule has 2 atom stereocenters. The number of piperidine rings is 1. The normalized spacial score (nSPS) is 21.4. The summed E-state index contributed by atoms with van der Waals surface area (Å²) in [7, 11) is 0. The largest absolute Gasteiger partial charge is 0.480 e. The lowest BCUT2D eigenvalue weighted by Gasteiger charge is -2.35. The van der Waals surface area contributed by atoms with Crippen molar-refractivity contribution in [2.45, 2.75) is 52.7 Å². The minimum absolute atomic E-state index is 0.0532. The Bertz CT molecular complexity index is 350. The van der Waals surface area contributed by atoms with Crippen LogP contribution in [-0.2, 0) is 9.53 Å². The van der Waals surface area contributed by atoms with Gasteiger partial charge in [0.1, 0.15) is 6.04 Å². The summed E-state index contributed by atoms with van der Waals surface area (Å²) in [5, 5.41) is 11.9. The van der Waals surface area contributed by atoms with Crippen LogP contribution in [0.15, 0.2) is 0 Å². The SMILES string of the molecule is CCOC1CCCN(C(=O)N[C@H](C(=O)O)C(C)(C)C)C1. The van der Waals surface area contributed by atoms with Crippen molar-refractivity contribution >= 4 is 12.0 Å². The average molecular weight is 286 g/mol. The number of nitrogens with one attached hydrogen (secondary N) is 1. The molecule has 0 aliphatic carbocycles. The van der Waals surface area contributed by atoms with E-state index in [1.807, 2.05) is 6.92 Å². The molecule has 0 spiro atoms. The van der Waals surface area contributed by atoms with Crippen LogP contribution in [0.2, 0.25) is 0 Å². The van der Waals surface area contributed by atoms with Crippen LogP contribution in [0, 0.1) is 5.41 Å². The highest BCUT2D eigenvalue weighted by atomic mass is 16.5. The monoisotopic (exact) mass is 286 g/mol. The van der Waals surface area contributed by atoms with Crippen LogP contribution in [0.4, 0.5) is 4.79 Å². The van der Waals surface area contributed by atoms with E-state index < -0.39 is 17.4 Å². The lowest BCUT2D eigenvalue weighted by Crippen LogP contribution is -2.55. The molecule has 0 aromatic carbocycles. The van der Waals surface area contributed by atoms with Crippen LogP contribution in [0.25, 0.3) is 0 Å². The van der Waals surface area contributed by atoms with Crippen molar-refractivity contribution in [2.24, 2.45) is 5.41 Å². The minimum Gasteiger partial charge on any atom is -0.480 e. The Morgan fingerprint density at radius 2 is 2.10 bits per heavy atom. The molecule has 1 saturated heterocycles. The number of hydrogen-bond donors (Lipinski definition) is 2. The van der Waals surface area contributed by atoms with Gasteiger partial charge in [0.2, 0.25) is 0 Å².